The Bertz CT molecular complexity index is 395. The molecule has 0 aliphatic heterocycles. The van der Waals surface area contributed by atoms with Crippen molar-refractivity contribution in [3.63, 3.8) is 0 Å². The molecule has 15 heavy (non-hydrogen) atoms. The molecule has 2 N–H and O–H groups in total. The van der Waals surface area contributed by atoms with Crippen molar-refractivity contribution in [2.45, 2.75) is 0 Å². The zero-order chi connectivity index (χ0) is 11.4. The summed E-state index contributed by atoms with van der Waals surface area (Å²) in [5.41, 5.74) is 0.774. The predicted molar refractivity (Wildman–Crippen MR) is 69.9 cm³/mol. The minimum Gasteiger partial charge on any atom is -0.478 e. The van der Waals surface area contributed by atoms with E-state index in [1.807, 2.05) is 12.1 Å². The molecule has 0 aliphatic rings. The van der Waals surface area contributed by atoms with Gasteiger partial charge in [0.2, 0.25) is 0 Å². The number of halogens is 3. The number of nitrogens with one attached hydrogen (secondary N) is 1. The van der Waals surface area contributed by atoms with Crippen molar-refractivity contribution in [1.82, 2.24) is 0 Å². The van der Waals surface area contributed by atoms with E-state index in [9.17, 15) is 4.79 Å². The number of carboxylic acid groups (broad SMARTS) is 1. The zero-order valence-corrected chi connectivity index (χ0v) is 12.1. The maximum absolute atomic E-state index is 10.3. The Morgan fingerprint density at radius 1 is 1.27 bits per heavy atom. The number of aliphatic carboxylic acids is 1. The van der Waals surface area contributed by atoms with Crippen LogP contribution < -0.4 is 5.32 Å². The van der Waals surface area contributed by atoms with Crippen molar-refractivity contribution in [1.29, 1.82) is 0 Å². The summed E-state index contributed by atoms with van der Waals surface area (Å²) < 4.78 is 2.59. The molecule has 1 aromatic rings. The topological polar surface area (TPSA) is 49.3 Å². The quantitative estimate of drug-likeness (QED) is 0.756. The fraction of sp³-hybridized carbons (Fsp3) is 0. The number of rotatable bonds is 3. The Kier molecular flexibility index (Phi) is 4.82. The highest BCUT2D eigenvalue weighted by molar-refractivity contribution is 9.11. The molecule has 0 aliphatic carbocycles. The van der Waals surface area contributed by atoms with Crippen LogP contribution in [0.4, 0.5) is 5.69 Å². The second-order valence-electron chi connectivity index (χ2n) is 2.56. The van der Waals surface area contributed by atoms with Gasteiger partial charge in [0.1, 0.15) is 0 Å². The van der Waals surface area contributed by atoms with E-state index in [-0.39, 0.29) is 0 Å². The molecular formula is C9H6Br3NO2. The first-order chi connectivity index (χ1) is 7.00. The van der Waals surface area contributed by atoms with Crippen LogP contribution in [0.25, 0.3) is 0 Å². The highest BCUT2D eigenvalue weighted by Crippen LogP contribution is 2.34. The summed E-state index contributed by atoms with van der Waals surface area (Å²) in [5, 5.41) is 11.3. The molecule has 1 rings (SSSR count). The molecule has 80 valence electrons. The van der Waals surface area contributed by atoms with Gasteiger partial charge in [-0.1, -0.05) is 15.9 Å². The SMILES string of the molecule is O=C(O)/C=C/Nc1c(Br)cc(Br)cc1Br. The lowest BCUT2D eigenvalue weighted by Crippen LogP contribution is -1.94. The number of anilines is 1. The van der Waals surface area contributed by atoms with Crippen molar-refractivity contribution in [3.05, 3.63) is 37.8 Å². The average Bonchev–Trinajstić information content (AvgIpc) is 2.08. The van der Waals surface area contributed by atoms with Gasteiger partial charge in [0, 0.05) is 25.7 Å². The minimum atomic E-state index is -0.994. The molecule has 0 radical (unpaired) electrons. The van der Waals surface area contributed by atoms with Crippen LogP contribution in [0.15, 0.2) is 37.8 Å². The molecule has 0 atom stereocenters. The van der Waals surface area contributed by atoms with E-state index in [0.717, 1.165) is 25.2 Å². The standard InChI is InChI=1S/C9H6Br3NO2/c10-5-3-6(11)9(7(12)4-5)13-2-1-8(14)15/h1-4,13H,(H,14,15)/b2-1+. The first-order valence-electron chi connectivity index (χ1n) is 3.81. The molecular weight excluding hydrogens is 394 g/mol. The van der Waals surface area contributed by atoms with E-state index < -0.39 is 5.97 Å². The zero-order valence-electron chi connectivity index (χ0n) is 7.30. The largest absolute Gasteiger partial charge is 0.478 e. The smallest absolute Gasteiger partial charge is 0.329 e. The summed E-state index contributed by atoms with van der Waals surface area (Å²) in [6.07, 6.45) is 2.39. The van der Waals surface area contributed by atoms with Crippen LogP contribution in [0.5, 0.6) is 0 Å². The summed E-state index contributed by atoms with van der Waals surface area (Å²) in [4.78, 5) is 10.3. The van der Waals surface area contributed by atoms with Gasteiger partial charge in [0.25, 0.3) is 0 Å². The van der Waals surface area contributed by atoms with Gasteiger partial charge in [-0.15, -0.1) is 0 Å². The molecule has 0 fully saturated rings. The minimum absolute atomic E-state index is 0.774. The number of carbonyl (C=O) groups is 1. The van der Waals surface area contributed by atoms with Crippen LogP contribution in [0.3, 0.4) is 0 Å². The van der Waals surface area contributed by atoms with Gasteiger partial charge >= 0.3 is 5.97 Å². The van der Waals surface area contributed by atoms with Gasteiger partial charge in [-0.2, -0.15) is 0 Å². The summed E-state index contributed by atoms with van der Waals surface area (Å²) in [7, 11) is 0. The van der Waals surface area contributed by atoms with Crippen LogP contribution in [-0.4, -0.2) is 11.1 Å². The second kappa shape index (κ2) is 5.67. The van der Waals surface area contributed by atoms with Crippen molar-refractivity contribution in [2.75, 3.05) is 5.32 Å². The van der Waals surface area contributed by atoms with Gasteiger partial charge < -0.3 is 10.4 Å². The molecule has 0 saturated carbocycles. The lowest BCUT2D eigenvalue weighted by molar-refractivity contribution is -0.131. The van der Waals surface area contributed by atoms with Crippen LogP contribution >= 0.6 is 47.8 Å². The van der Waals surface area contributed by atoms with E-state index in [2.05, 4.69) is 53.1 Å². The van der Waals surface area contributed by atoms with Gasteiger partial charge in [-0.25, -0.2) is 4.79 Å². The molecule has 3 nitrogen and oxygen atoms in total. The van der Waals surface area contributed by atoms with Crippen LogP contribution in [-0.2, 0) is 4.79 Å². The Morgan fingerprint density at radius 3 is 2.27 bits per heavy atom. The summed E-state index contributed by atoms with van der Waals surface area (Å²) in [6.45, 7) is 0. The molecule has 0 saturated heterocycles. The van der Waals surface area contributed by atoms with Crippen LogP contribution in [0.1, 0.15) is 0 Å². The Hall–Kier alpha value is -0.330. The normalized spacial score (nSPS) is 10.6. The fourth-order valence-electron chi connectivity index (χ4n) is 0.876. The maximum Gasteiger partial charge on any atom is 0.329 e. The van der Waals surface area contributed by atoms with Crippen molar-refractivity contribution < 1.29 is 9.90 Å². The lowest BCUT2D eigenvalue weighted by atomic mass is 10.3. The molecule has 0 heterocycles. The lowest BCUT2D eigenvalue weighted by Gasteiger charge is -2.07. The first-order valence-corrected chi connectivity index (χ1v) is 6.19. The number of benzene rings is 1. The summed E-state index contributed by atoms with van der Waals surface area (Å²) in [6, 6.07) is 3.73. The molecule has 0 unspecified atom stereocenters. The van der Waals surface area contributed by atoms with E-state index in [4.69, 9.17) is 5.11 Å². The number of hydrogen-bond donors (Lipinski definition) is 2. The van der Waals surface area contributed by atoms with E-state index in [0.29, 0.717) is 0 Å². The molecule has 0 amide bonds. The van der Waals surface area contributed by atoms with Crippen molar-refractivity contribution in [3.8, 4) is 0 Å². The van der Waals surface area contributed by atoms with Gasteiger partial charge in [-0.05, 0) is 44.0 Å². The van der Waals surface area contributed by atoms with E-state index in [1.165, 1.54) is 6.20 Å². The third kappa shape index (κ3) is 3.96. The summed E-state index contributed by atoms with van der Waals surface area (Å²) in [5.74, 6) is -0.994. The third-order valence-corrected chi connectivity index (χ3v) is 3.17. The van der Waals surface area contributed by atoms with Gasteiger partial charge in [0.05, 0.1) is 5.69 Å². The van der Waals surface area contributed by atoms with Gasteiger partial charge in [-0.3, -0.25) is 0 Å². The Labute approximate surface area is 112 Å². The van der Waals surface area contributed by atoms with E-state index >= 15 is 0 Å². The monoisotopic (exact) mass is 397 g/mol. The highest BCUT2D eigenvalue weighted by Gasteiger charge is 2.04. The van der Waals surface area contributed by atoms with Crippen molar-refractivity contribution >= 4 is 59.4 Å². The van der Waals surface area contributed by atoms with Crippen LogP contribution in [0, 0.1) is 0 Å². The number of carboxylic acids is 1. The summed E-state index contributed by atoms with van der Waals surface area (Å²) >= 11 is 10.1. The van der Waals surface area contributed by atoms with Gasteiger partial charge in [0.15, 0.2) is 0 Å². The first kappa shape index (κ1) is 12.7. The van der Waals surface area contributed by atoms with Crippen molar-refractivity contribution in [2.24, 2.45) is 0 Å². The predicted octanol–water partition coefficient (Wildman–Crippen LogP) is 3.98. The number of hydrogen-bond acceptors (Lipinski definition) is 2. The average molecular weight is 400 g/mol. The highest BCUT2D eigenvalue weighted by atomic mass is 79.9. The molecule has 1 aromatic carbocycles. The molecule has 6 heteroatoms. The fourth-order valence-corrected chi connectivity index (χ4v) is 3.36. The second-order valence-corrected chi connectivity index (χ2v) is 5.18. The molecule has 0 aromatic heterocycles. The molecule has 0 bridgehead atoms. The third-order valence-electron chi connectivity index (χ3n) is 1.46. The molecule has 0 spiro atoms. The Balaban J connectivity index is 2.90. The maximum atomic E-state index is 10.3. The Morgan fingerprint density at radius 2 is 1.80 bits per heavy atom. The van der Waals surface area contributed by atoms with Crippen LogP contribution in [0.2, 0.25) is 0 Å². The van der Waals surface area contributed by atoms with E-state index in [1.54, 1.807) is 0 Å².